The number of ether oxygens (including phenoxy) is 1. The number of amides is 1. The number of para-hydroxylation sites is 1. The minimum absolute atomic E-state index is 0.0184. The van der Waals surface area contributed by atoms with Crippen LogP contribution in [0.2, 0.25) is 0 Å². The molecule has 1 amide bonds. The molecule has 4 heteroatoms. The average Bonchev–Trinajstić information content (AvgIpc) is 2.30. The Bertz CT molecular complexity index is 538. The van der Waals surface area contributed by atoms with E-state index in [0.717, 1.165) is 16.8 Å². The zero-order valence-corrected chi connectivity index (χ0v) is 10.4. The van der Waals surface area contributed by atoms with Gasteiger partial charge < -0.3 is 10.1 Å². The lowest BCUT2D eigenvalue weighted by molar-refractivity contribution is -0.165. The molecule has 2 heterocycles. The molecule has 0 spiro atoms. The lowest BCUT2D eigenvalue weighted by Gasteiger charge is -2.39. The van der Waals surface area contributed by atoms with Crippen LogP contribution < -0.4 is 5.32 Å². The summed E-state index contributed by atoms with van der Waals surface area (Å²) in [5.74, 6) is -0.505. The minimum Gasteiger partial charge on any atom is -0.457 e. The monoisotopic (exact) mass is 245 g/mol. The summed E-state index contributed by atoms with van der Waals surface area (Å²) in [6.07, 6.45) is -0.111. The smallest absolute Gasteiger partial charge is 0.306 e. The second kappa shape index (κ2) is 3.83. The first-order chi connectivity index (χ1) is 8.58. The summed E-state index contributed by atoms with van der Waals surface area (Å²) in [6, 6.07) is 5.79. The van der Waals surface area contributed by atoms with E-state index in [9.17, 15) is 9.59 Å². The summed E-state index contributed by atoms with van der Waals surface area (Å²) in [5.41, 5.74) is 2.71. The van der Waals surface area contributed by atoms with Gasteiger partial charge in [0.25, 0.3) is 0 Å². The highest BCUT2D eigenvalue weighted by atomic mass is 16.5. The molecule has 0 bridgehead atoms. The number of hydrogen-bond donors (Lipinski definition) is 1. The maximum Gasteiger partial charge on any atom is 0.306 e. The molecular weight excluding hydrogens is 230 g/mol. The number of nitrogens with one attached hydrogen (secondary N) is 1. The van der Waals surface area contributed by atoms with Gasteiger partial charge in [0.05, 0.1) is 11.6 Å². The fourth-order valence-corrected chi connectivity index (χ4v) is 2.91. The van der Waals surface area contributed by atoms with E-state index in [1.807, 2.05) is 32.0 Å². The van der Waals surface area contributed by atoms with Gasteiger partial charge in [-0.15, -0.1) is 0 Å². The number of anilines is 1. The molecule has 3 rings (SSSR count). The van der Waals surface area contributed by atoms with Crippen LogP contribution in [0.3, 0.4) is 0 Å². The van der Waals surface area contributed by atoms with Crippen LogP contribution in [0.25, 0.3) is 0 Å². The first kappa shape index (κ1) is 11.3. The molecule has 2 aliphatic heterocycles. The quantitative estimate of drug-likeness (QED) is 0.713. The Hall–Kier alpha value is -1.84. The van der Waals surface area contributed by atoms with Gasteiger partial charge in [0, 0.05) is 12.0 Å². The van der Waals surface area contributed by atoms with Crippen LogP contribution >= 0.6 is 0 Å². The second-order valence-corrected chi connectivity index (χ2v) is 5.15. The first-order valence-electron chi connectivity index (χ1n) is 6.18. The number of aryl methyl sites for hydroxylation is 1. The Morgan fingerprint density at radius 1 is 1.33 bits per heavy atom. The molecule has 18 heavy (non-hydrogen) atoms. The van der Waals surface area contributed by atoms with Crippen LogP contribution in [-0.4, -0.2) is 11.9 Å². The molecule has 1 aromatic carbocycles. The van der Waals surface area contributed by atoms with E-state index in [1.54, 1.807) is 0 Å². The topological polar surface area (TPSA) is 55.4 Å². The Morgan fingerprint density at radius 3 is 2.89 bits per heavy atom. The average molecular weight is 245 g/mol. The summed E-state index contributed by atoms with van der Waals surface area (Å²) in [4.78, 5) is 23.7. The predicted molar refractivity (Wildman–Crippen MR) is 65.9 cm³/mol. The van der Waals surface area contributed by atoms with Crippen LogP contribution in [0, 0.1) is 18.8 Å². The highest BCUT2D eigenvalue weighted by Crippen LogP contribution is 2.45. The SMILES string of the molecule is Cc1cccc2c1NC(=O)[C@@H]1[C@@H](C)CC(=O)O[C@@H]21. The zero-order valence-electron chi connectivity index (χ0n) is 10.4. The molecule has 1 saturated heterocycles. The van der Waals surface area contributed by atoms with E-state index in [4.69, 9.17) is 4.74 Å². The normalized spacial score (nSPS) is 30.0. The largest absolute Gasteiger partial charge is 0.457 e. The van der Waals surface area contributed by atoms with E-state index in [0.29, 0.717) is 6.42 Å². The first-order valence-corrected chi connectivity index (χ1v) is 6.18. The summed E-state index contributed by atoms with van der Waals surface area (Å²) < 4.78 is 5.41. The standard InChI is InChI=1S/C14H15NO3/c1-7-4-3-5-9-12(7)15-14(17)11-8(2)6-10(16)18-13(9)11/h3-5,8,11,13H,6H2,1-2H3,(H,15,17)/t8-,11+,13-/m0/s1. The maximum absolute atomic E-state index is 12.2. The summed E-state index contributed by atoms with van der Waals surface area (Å²) in [6.45, 7) is 3.87. The predicted octanol–water partition coefficient (Wildman–Crippen LogP) is 2.19. The van der Waals surface area contributed by atoms with Crippen LogP contribution in [0.1, 0.15) is 30.6 Å². The van der Waals surface area contributed by atoms with Crippen molar-refractivity contribution in [1.82, 2.24) is 0 Å². The van der Waals surface area contributed by atoms with Crippen molar-refractivity contribution in [3.8, 4) is 0 Å². The minimum atomic E-state index is -0.426. The van der Waals surface area contributed by atoms with Crippen LogP contribution in [0.4, 0.5) is 5.69 Å². The maximum atomic E-state index is 12.2. The van der Waals surface area contributed by atoms with Crippen molar-refractivity contribution in [2.45, 2.75) is 26.4 Å². The van der Waals surface area contributed by atoms with E-state index in [-0.39, 0.29) is 23.7 Å². The van der Waals surface area contributed by atoms with Gasteiger partial charge in [-0.2, -0.15) is 0 Å². The van der Waals surface area contributed by atoms with Crippen molar-refractivity contribution < 1.29 is 14.3 Å². The third-order valence-electron chi connectivity index (χ3n) is 3.85. The lowest BCUT2D eigenvalue weighted by atomic mass is 9.78. The second-order valence-electron chi connectivity index (χ2n) is 5.15. The Labute approximate surface area is 105 Å². The van der Waals surface area contributed by atoms with Crippen molar-refractivity contribution in [2.24, 2.45) is 11.8 Å². The zero-order chi connectivity index (χ0) is 12.9. The number of carbonyl (C=O) groups excluding carboxylic acids is 2. The van der Waals surface area contributed by atoms with Crippen molar-refractivity contribution in [2.75, 3.05) is 5.32 Å². The Kier molecular flexibility index (Phi) is 2.40. The Balaban J connectivity index is 2.12. The summed E-state index contributed by atoms with van der Waals surface area (Å²) in [5, 5.41) is 2.94. The number of rotatable bonds is 0. The molecule has 2 aliphatic rings. The fourth-order valence-electron chi connectivity index (χ4n) is 2.91. The highest BCUT2D eigenvalue weighted by molar-refractivity contribution is 5.98. The molecule has 0 saturated carbocycles. The van der Waals surface area contributed by atoms with E-state index < -0.39 is 6.10 Å². The Morgan fingerprint density at radius 2 is 2.11 bits per heavy atom. The molecule has 0 aromatic heterocycles. The van der Waals surface area contributed by atoms with Gasteiger partial charge in [-0.3, -0.25) is 9.59 Å². The molecule has 0 radical (unpaired) electrons. The van der Waals surface area contributed by atoms with Crippen molar-refractivity contribution in [1.29, 1.82) is 0 Å². The number of benzene rings is 1. The van der Waals surface area contributed by atoms with Gasteiger partial charge in [0.1, 0.15) is 6.10 Å². The van der Waals surface area contributed by atoms with Crippen molar-refractivity contribution in [3.05, 3.63) is 29.3 Å². The molecular formula is C14H15NO3. The van der Waals surface area contributed by atoms with E-state index in [2.05, 4.69) is 5.32 Å². The van der Waals surface area contributed by atoms with Gasteiger partial charge in [0.2, 0.25) is 5.91 Å². The lowest BCUT2D eigenvalue weighted by Crippen LogP contribution is -2.43. The van der Waals surface area contributed by atoms with Crippen LogP contribution in [-0.2, 0) is 14.3 Å². The number of carbonyl (C=O) groups is 2. The van der Waals surface area contributed by atoms with Gasteiger partial charge >= 0.3 is 5.97 Å². The van der Waals surface area contributed by atoms with Crippen LogP contribution in [0.15, 0.2) is 18.2 Å². The van der Waals surface area contributed by atoms with E-state index in [1.165, 1.54) is 0 Å². The highest BCUT2D eigenvalue weighted by Gasteiger charge is 2.45. The van der Waals surface area contributed by atoms with Crippen molar-refractivity contribution >= 4 is 17.6 Å². The van der Waals surface area contributed by atoms with E-state index >= 15 is 0 Å². The molecule has 0 unspecified atom stereocenters. The molecule has 1 N–H and O–H groups in total. The molecule has 0 aliphatic carbocycles. The van der Waals surface area contributed by atoms with Gasteiger partial charge in [0.15, 0.2) is 0 Å². The number of esters is 1. The molecule has 4 nitrogen and oxygen atoms in total. The van der Waals surface area contributed by atoms with Gasteiger partial charge in [-0.25, -0.2) is 0 Å². The van der Waals surface area contributed by atoms with Gasteiger partial charge in [-0.1, -0.05) is 25.1 Å². The third kappa shape index (κ3) is 1.52. The summed E-state index contributed by atoms with van der Waals surface area (Å²) >= 11 is 0. The molecule has 3 atom stereocenters. The fraction of sp³-hybridized carbons (Fsp3) is 0.429. The van der Waals surface area contributed by atoms with Gasteiger partial charge in [-0.05, 0) is 18.4 Å². The molecule has 1 fully saturated rings. The van der Waals surface area contributed by atoms with Crippen LogP contribution in [0.5, 0.6) is 0 Å². The van der Waals surface area contributed by atoms with Crippen molar-refractivity contribution in [3.63, 3.8) is 0 Å². The number of hydrogen-bond acceptors (Lipinski definition) is 3. The third-order valence-corrected chi connectivity index (χ3v) is 3.85. The molecule has 94 valence electrons. The molecule has 1 aromatic rings. The number of fused-ring (bicyclic) bond motifs is 3. The summed E-state index contributed by atoms with van der Waals surface area (Å²) in [7, 11) is 0.